The van der Waals surface area contributed by atoms with Crippen molar-refractivity contribution in [2.75, 3.05) is 11.4 Å². The molecule has 2 heterocycles. The fourth-order valence-corrected chi connectivity index (χ4v) is 4.77. The molecular formula is C21H21Cl2NO2S. The quantitative estimate of drug-likeness (QED) is 0.496. The molecule has 0 saturated heterocycles. The number of anilines is 2. The van der Waals surface area contributed by atoms with Crippen LogP contribution in [0.4, 0.5) is 11.4 Å². The number of phenolic OH excluding ortho intramolecular Hbond substituents is 2. The van der Waals surface area contributed by atoms with Crippen LogP contribution in [0.2, 0.25) is 5.02 Å². The minimum atomic E-state index is -0.227. The van der Waals surface area contributed by atoms with E-state index in [1.165, 1.54) is 4.88 Å². The van der Waals surface area contributed by atoms with Crippen LogP contribution in [0.25, 0.3) is 0 Å². The lowest BCUT2D eigenvalue weighted by Crippen LogP contribution is -2.25. The average Bonchev–Trinajstić information content (AvgIpc) is 3.10. The minimum Gasteiger partial charge on any atom is -0.504 e. The molecule has 0 fully saturated rings. The van der Waals surface area contributed by atoms with E-state index in [0.29, 0.717) is 5.92 Å². The summed E-state index contributed by atoms with van der Waals surface area (Å²) in [6, 6.07) is 16.0. The van der Waals surface area contributed by atoms with Crippen molar-refractivity contribution in [2.45, 2.75) is 19.3 Å². The first-order valence-corrected chi connectivity index (χ1v) is 9.97. The monoisotopic (exact) mass is 421 g/mol. The summed E-state index contributed by atoms with van der Waals surface area (Å²) in [5, 5.41) is 22.6. The summed E-state index contributed by atoms with van der Waals surface area (Å²) in [6.45, 7) is 0.843. The second-order valence-electron chi connectivity index (χ2n) is 6.69. The fourth-order valence-electron chi connectivity index (χ4n) is 3.66. The molecule has 1 aromatic heterocycles. The van der Waals surface area contributed by atoms with Crippen LogP contribution in [0.3, 0.4) is 0 Å². The molecule has 0 spiro atoms. The molecule has 1 aliphatic rings. The van der Waals surface area contributed by atoms with Gasteiger partial charge in [-0.1, -0.05) is 35.9 Å². The Bertz CT molecular complexity index is 900. The average molecular weight is 422 g/mol. The van der Waals surface area contributed by atoms with Gasteiger partial charge in [-0.2, -0.15) is 0 Å². The molecule has 1 aliphatic heterocycles. The van der Waals surface area contributed by atoms with E-state index >= 15 is 0 Å². The maximum absolute atomic E-state index is 10.1. The van der Waals surface area contributed by atoms with Crippen molar-refractivity contribution in [1.29, 1.82) is 0 Å². The highest BCUT2D eigenvalue weighted by atomic mass is 35.5. The molecule has 3 nitrogen and oxygen atoms in total. The molecular weight excluding hydrogens is 401 g/mol. The van der Waals surface area contributed by atoms with Crippen molar-refractivity contribution in [3.8, 4) is 11.5 Å². The van der Waals surface area contributed by atoms with E-state index in [-0.39, 0.29) is 28.9 Å². The SMILES string of the molecule is Cl.Oc1cc2c(c(Cl)c1O)CC[C@@H](Cc1cccs1)CN2c1ccccc1. The van der Waals surface area contributed by atoms with Crippen LogP contribution in [0.1, 0.15) is 16.9 Å². The number of thiophene rings is 1. The van der Waals surface area contributed by atoms with E-state index in [9.17, 15) is 10.2 Å². The van der Waals surface area contributed by atoms with E-state index in [0.717, 1.165) is 42.7 Å². The van der Waals surface area contributed by atoms with Crippen molar-refractivity contribution < 1.29 is 10.2 Å². The number of benzene rings is 2. The Labute approximate surface area is 174 Å². The second kappa shape index (κ2) is 8.42. The van der Waals surface area contributed by atoms with Gasteiger partial charge in [0, 0.05) is 28.9 Å². The summed E-state index contributed by atoms with van der Waals surface area (Å²) in [5.74, 6) is 0.0585. The van der Waals surface area contributed by atoms with Gasteiger partial charge < -0.3 is 15.1 Å². The zero-order valence-electron chi connectivity index (χ0n) is 14.6. The van der Waals surface area contributed by atoms with Gasteiger partial charge in [0.15, 0.2) is 11.5 Å². The lowest BCUT2D eigenvalue weighted by atomic mass is 9.97. The number of hydrogen-bond acceptors (Lipinski definition) is 4. The summed E-state index contributed by atoms with van der Waals surface area (Å²) >= 11 is 8.19. The highest BCUT2D eigenvalue weighted by Crippen LogP contribution is 2.46. The maximum Gasteiger partial charge on any atom is 0.176 e. The van der Waals surface area contributed by atoms with E-state index < -0.39 is 0 Å². The molecule has 2 N–H and O–H groups in total. The maximum atomic E-state index is 10.1. The largest absolute Gasteiger partial charge is 0.504 e. The lowest BCUT2D eigenvalue weighted by molar-refractivity contribution is 0.403. The van der Waals surface area contributed by atoms with Crippen molar-refractivity contribution in [3.63, 3.8) is 0 Å². The third-order valence-electron chi connectivity index (χ3n) is 4.97. The number of phenols is 2. The molecule has 6 heteroatoms. The van der Waals surface area contributed by atoms with Gasteiger partial charge in [0.2, 0.25) is 0 Å². The number of halogens is 2. The van der Waals surface area contributed by atoms with Crippen LogP contribution in [0.5, 0.6) is 11.5 Å². The Kier molecular flexibility index (Phi) is 6.20. The first-order chi connectivity index (χ1) is 12.6. The highest BCUT2D eigenvalue weighted by Gasteiger charge is 2.27. The van der Waals surface area contributed by atoms with Gasteiger partial charge in [-0.25, -0.2) is 0 Å². The fraction of sp³-hybridized carbons (Fsp3) is 0.238. The molecule has 0 bridgehead atoms. The third-order valence-corrected chi connectivity index (χ3v) is 6.28. The predicted molar refractivity (Wildman–Crippen MR) is 115 cm³/mol. The Morgan fingerprint density at radius 1 is 1.11 bits per heavy atom. The molecule has 0 aliphatic carbocycles. The zero-order chi connectivity index (χ0) is 18.1. The van der Waals surface area contributed by atoms with E-state index in [4.69, 9.17) is 11.6 Å². The normalized spacial score (nSPS) is 16.3. The summed E-state index contributed by atoms with van der Waals surface area (Å²) < 4.78 is 0. The van der Waals surface area contributed by atoms with Crippen molar-refractivity contribution in [1.82, 2.24) is 0 Å². The first-order valence-electron chi connectivity index (χ1n) is 8.71. The molecule has 142 valence electrons. The zero-order valence-corrected chi connectivity index (χ0v) is 17.0. The van der Waals surface area contributed by atoms with Crippen LogP contribution in [0, 0.1) is 5.92 Å². The standard InChI is InChI=1S/C21H20ClNO2S.ClH/c22-20-17-9-8-14(11-16-7-4-10-26-16)13-23(15-5-2-1-3-6-15)18(17)12-19(24)21(20)25;/h1-7,10,12,14,24-25H,8-9,11,13H2;1H/t14-;/m0./s1. The summed E-state index contributed by atoms with van der Waals surface area (Å²) in [7, 11) is 0. The molecule has 0 unspecified atom stereocenters. The molecule has 1 atom stereocenters. The molecule has 4 rings (SSSR count). The Balaban J connectivity index is 0.00000210. The molecule has 0 radical (unpaired) electrons. The van der Waals surface area contributed by atoms with Gasteiger partial charge in [0.25, 0.3) is 0 Å². The van der Waals surface area contributed by atoms with E-state index in [1.54, 1.807) is 17.4 Å². The molecule has 27 heavy (non-hydrogen) atoms. The van der Waals surface area contributed by atoms with Crippen LogP contribution in [-0.2, 0) is 12.8 Å². The molecule has 3 aromatic rings. The number of rotatable bonds is 3. The first kappa shape index (κ1) is 19.9. The van der Waals surface area contributed by atoms with E-state index in [2.05, 4.69) is 34.5 Å². The Morgan fingerprint density at radius 2 is 1.89 bits per heavy atom. The molecule has 2 aromatic carbocycles. The van der Waals surface area contributed by atoms with Crippen molar-refractivity contribution in [2.24, 2.45) is 5.92 Å². The van der Waals surface area contributed by atoms with Gasteiger partial charge in [-0.05, 0) is 54.3 Å². The van der Waals surface area contributed by atoms with Crippen LogP contribution in [-0.4, -0.2) is 16.8 Å². The van der Waals surface area contributed by atoms with Gasteiger partial charge in [0.05, 0.1) is 5.02 Å². The topological polar surface area (TPSA) is 43.7 Å². The Hall–Kier alpha value is -1.88. The summed E-state index contributed by atoms with van der Waals surface area (Å²) in [5.41, 5.74) is 2.85. The summed E-state index contributed by atoms with van der Waals surface area (Å²) in [4.78, 5) is 3.59. The van der Waals surface area contributed by atoms with Crippen LogP contribution >= 0.6 is 35.3 Å². The highest BCUT2D eigenvalue weighted by molar-refractivity contribution is 7.09. The predicted octanol–water partition coefficient (Wildman–Crippen LogP) is 6.18. The number of fused-ring (bicyclic) bond motifs is 1. The number of nitrogens with zero attached hydrogens (tertiary/aromatic N) is 1. The van der Waals surface area contributed by atoms with E-state index in [1.807, 2.05) is 18.2 Å². The smallest absolute Gasteiger partial charge is 0.176 e. The molecule has 0 amide bonds. The van der Waals surface area contributed by atoms with Gasteiger partial charge in [-0.15, -0.1) is 23.7 Å². The molecule has 0 saturated carbocycles. The summed E-state index contributed by atoms with van der Waals surface area (Å²) in [6.07, 6.45) is 2.78. The van der Waals surface area contributed by atoms with Gasteiger partial charge >= 0.3 is 0 Å². The van der Waals surface area contributed by atoms with Crippen molar-refractivity contribution in [3.05, 3.63) is 69.4 Å². The van der Waals surface area contributed by atoms with Gasteiger partial charge in [0.1, 0.15) is 0 Å². The minimum absolute atomic E-state index is 0. The van der Waals surface area contributed by atoms with Crippen molar-refractivity contribution >= 4 is 46.7 Å². The lowest BCUT2D eigenvalue weighted by Gasteiger charge is -2.28. The number of aromatic hydroxyl groups is 2. The third kappa shape index (κ3) is 4.03. The Morgan fingerprint density at radius 3 is 2.59 bits per heavy atom. The number of hydrogen-bond donors (Lipinski definition) is 2. The number of para-hydroxylation sites is 1. The van der Waals surface area contributed by atoms with Crippen LogP contribution < -0.4 is 4.90 Å². The second-order valence-corrected chi connectivity index (χ2v) is 8.10. The van der Waals surface area contributed by atoms with Crippen LogP contribution in [0.15, 0.2) is 53.9 Å². The van der Waals surface area contributed by atoms with Gasteiger partial charge in [-0.3, -0.25) is 0 Å².